The fraction of sp³-hybridized carbons (Fsp3) is 0.412. The van der Waals surface area contributed by atoms with Gasteiger partial charge in [-0.15, -0.1) is 10.2 Å². The Balaban J connectivity index is 1.67. The normalized spacial score (nSPS) is 13.8. The zero-order valence-corrected chi connectivity index (χ0v) is 16.4. The van der Waals surface area contributed by atoms with Crippen LogP contribution in [0.4, 0.5) is 4.79 Å². The molecule has 0 aliphatic carbocycles. The van der Waals surface area contributed by atoms with Gasteiger partial charge in [0.25, 0.3) is 0 Å². The molecule has 1 aromatic heterocycles. The van der Waals surface area contributed by atoms with E-state index in [0.717, 1.165) is 22.2 Å². The summed E-state index contributed by atoms with van der Waals surface area (Å²) in [5.74, 6) is 1.41. The molecule has 0 saturated heterocycles. The molecule has 0 atom stereocenters. The molecule has 26 heavy (non-hydrogen) atoms. The van der Waals surface area contributed by atoms with Crippen LogP contribution in [0.5, 0.6) is 0 Å². The summed E-state index contributed by atoms with van der Waals surface area (Å²) in [6, 6.07) is 7.58. The van der Waals surface area contributed by atoms with Gasteiger partial charge in [-0.2, -0.15) is 9.78 Å². The number of hydrogen-bond donors (Lipinski definition) is 1. The molecule has 0 saturated carbocycles. The van der Waals surface area contributed by atoms with Crippen LogP contribution in [-0.4, -0.2) is 44.6 Å². The lowest BCUT2D eigenvalue weighted by atomic mass is 10.1. The number of carbonyl (C=O) groups excluding carboxylic acids is 1. The number of rotatable bonds is 4. The third-order valence-electron chi connectivity index (χ3n) is 3.43. The molecule has 9 heteroatoms. The molecular formula is C17H20ClN5O2S. The Bertz CT molecular complexity index is 827. The summed E-state index contributed by atoms with van der Waals surface area (Å²) in [6.07, 6.45) is 0.0557. The number of benzene rings is 1. The number of alkyl carbamates (subject to hydrolysis) is 1. The molecule has 1 amide bonds. The van der Waals surface area contributed by atoms with Crippen molar-refractivity contribution in [2.24, 2.45) is 5.10 Å². The van der Waals surface area contributed by atoms with Crippen molar-refractivity contribution in [1.29, 1.82) is 0 Å². The Morgan fingerprint density at radius 1 is 1.31 bits per heavy atom. The molecule has 138 valence electrons. The van der Waals surface area contributed by atoms with E-state index in [-0.39, 0.29) is 0 Å². The number of carbonyl (C=O) groups is 1. The average molecular weight is 394 g/mol. The predicted octanol–water partition coefficient (Wildman–Crippen LogP) is 3.36. The van der Waals surface area contributed by atoms with Crippen LogP contribution in [0.25, 0.3) is 0 Å². The Morgan fingerprint density at radius 2 is 2.04 bits per heavy atom. The summed E-state index contributed by atoms with van der Waals surface area (Å²) in [4.78, 5) is 11.7. The number of aromatic nitrogens is 3. The van der Waals surface area contributed by atoms with Crippen LogP contribution in [0, 0.1) is 0 Å². The van der Waals surface area contributed by atoms with E-state index in [4.69, 9.17) is 16.3 Å². The van der Waals surface area contributed by atoms with E-state index >= 15 is 0 Å². The number of fused-ring (bicyclic) bond motifs is 1. The molecule has 0 fully saturated rings. The first-order valence-corrected chi connectivity index (χ1v) is 9.56. The second-order valence-corrected chi connectivity index (χ2v) is 8.11. The summed E-state index contributed by atoms with van der Waals surface area (Å²) < 4.78 is 6.95. The fourth-order valence-corrected chi connectivity index (χ4v) is 3.28. The summed E-state index contributed by atoms with van der Waals surface area (Å²) >= 11 is 7.53. The van der Waals surface area contributed by atoms with E-state index in [1.807, 2.05) is 45.0 Å². The highest BCUT2D eigenvalue weighted by atomic mass is 35.5. The predicted molar refractivity (Wildman–Crippen MR) is 102 cm³/mol. The molecule has 7 nitrogen and oxygen atoms in total. The van der Waals surface area contributed by atoms with Gasteiger partial charge in [0.1, 0.15) is 5.60 Å². The molecule has 3 rings (SSSR count). The molecule has 1 aromatic carbocycles. The lowest BCUT2D eigenvalue weighted by Gasteiger charge is -2.19. The third-order valence-corrected chi connectivity index (χ3v) is 4.61. The SMILES string of the molecule is CC(C)(C)OC(=O)NCCc1nnc2n1N=C(c1ccc(Cl)cc1)CS2. The quantitative estimate of drug-likeness (QED) is 0.861. The zero-order chi connectivity index (χ0) is 18.7. The van der Waals surface area contributed by atoms with Crippen molar-refractivity contribution < 1.29 is 9.53 Å². The summed E-state index contributed by atoms with van der Waals surface area (Å²) in [5.41, 5.74) is 1.42. The Labute approximate surface area is 161 Å². The molecule has 1 aliphatic heterocycles. The molecule has 1 N–H and O–H groups in total. The molecule has 0 unspecified atom stereocenters. The van der Waals surface area contributed by atoms with Crippen LogP contribution in [0.1, 0.15) is 32.2 Å². The van der Waals surface area contributed by atoms with Crippen molar-refractivity contribution in [2.75, 3.05) is 12.3 Å². The van der Waals surface area contributed by atoms with E-state index in [1.165, 1.54) is 0 Å². The van der Waals surface area contributed by atoms with E-state index in [1.54, 1.807) is 16.4 Å². The second-order valence-electron chi connectivity index (χ2n) is 6.73. The van der Waals surface area contributed by atoms with E-state index in [0.29, 0.717) is 23.8 Å². The lowest BCUT2D eigenvalue weighted by molar-refractivity contribution is 0.0528. The van der Waals surface area contributed by atoms with Gasteiger partial charge in [0.15, 0.2) is 5.82 Å². The highest BCUT2D eigenvalue weighted by molar-refractivity contribution is 7.99. The van der Waals surface area contributed by atoms with Crippen molar-refractivity contribution in [3.05, 3.63) is 40.7 Å². The average Bonchev–Trinajstić information content (AvgIpc) is 2.96. The van der Waals surface area contributed by atoms with E-state index in [2.05, 4.69) is 20.6 Å². The molecular weight excluding hydrogens is 374 g/mol. The Kier molecular flexibility index (Phi) is 5.52. The van der Waals surface area contributed by atoms with Gasteiger partial charge in [-0.3, -0.25) is 0 Å². The van der Waals surface area contributed by atoms with Crippen LogP contribution in [0.15, 0.2) is 34.5 Å². The standard InChI is InChI=1S/C17H20ClN5O2S/c1-17(2,3)25-16(24)19-9-8-14-20-21-15-23(14)22-13(10-26-15)11-4-6-12(18)7-5-11/h4-7H,8-10H2,1-3H3,(H,19,24). The number of amides is 1. The summed E-state index contributed by atoms with van der Waals surface area (Å²) in [6.45, 7) is 5.87. The van der Waals surface area contributed by atoms with Gasteiger partial charge in [-0.05, 0) is 38.5 Å². The minimum absolute atomic E-state index is 0.392. The van der Waals surface area contributed by atoms with Gasteiger partial charge in [0, 0.05) is 23.7 Å². The van der Waals surface area contributed by atoms with Gasteiger partial charge >= 0.3 is 6.09 Å². The van der Waals surface area contributed by atoms with Crippen LogP contribution < -0.4 is 5.32 Å². The van der Waals surface area contributed by atoms with Gasteiger partial charge in [0.05, 0.1) is 5.71 Å². The van der Waals surface area contributed by atoms with E-state index in [9.17, 15) is 4.79 Å². The molecule has 2 heterocycles. The Hall–Kier alpha value is -2.06. The van der Waals surface area contributed by atoms with Crippen LogP contribution in [-0.2, 0) is 11.2 Å². The molecule has 0 spiro atoms. The number of ether oxygens (including phenoxy) is 1. The largest absolute Gasteiger partial charge is 0.444 e. The minimum atomic E-state index is -0.521. The molecule has 2 aromatic rings. The second kappa shape index (κ2) is 7.67. The van der Waals surface area contributed by atoms with Gasteiger partial charge in [-0.1, -0.05) is 35.5 Å². The minimum Gasteiger partial charge on any atom is -0.444 e. The van der Waals surface area contributed by atoms with Crippen molar-refractivity contribution in [1.82, 2.24) is 20.2 Å². The van der Waals surface area contributed by atoms with Gasteiger partial charge < -0.3 is 10.1 Å². The molecule has 0 bridgehead atoms. The zero-order valence-electron chi connectivity index (χ0n) is 14.8. The number of halogens is 1. The number of nitrogens with zero attached hydrogens (tertiary/aromatic N) is 4. The highest BCUT2D eigenvalue weighted by Crippen LogP contribution is 2.24. The number of hydrogen-bond acceptors (Lipinski definition) is 6. The van der Waals surface area contributed by atoms with Crippen molar-refractivity contribution in [3.63, 3.8) is 0 Å². The summed E-state index contributed by atoms with van der Waals surface area (Å²) in [7, 11) is 0. The van der Waals surface area contributed by atoms with Crippen molar-refractivity contribution in [2.45, 2.75) is 37.9 Å². The summed E-state index contributed by atoms with van der Waals surface area (Å²) in [5, 5.41) is 17.2. The first-order chi connectivity index (χ1) is 12.3. The monoisotopic (exact) mass is 393 g/mol. The lowest BCUT2D eigenvalue weighted by Crippen LogP contribution is -2.33. The fourth-order valence-electron chi connectivity index (χ4n) is 2.30. The Morgan fingerprint density at radius 3 is 2.73 bits per heavy atom. The number of nitrogens with one attached hydrogen (secondary N) is 1. The van der Waals surface area contributed by atoms with Gasteiger partial charge in [-0.25, -0.2) is 4.79 Å². The van der Waals surface area contributed by atoms with Crippen molar-refractivity contribution >= 4 is 35.2 Å². The van der Waals surface area contributed by atoms with Crippen LogP contribution >= 0.6 is 23.4 Å². The maximum atomic E-state index is 11.7. The highest BCUT2D eigenvalue weighted by Gasteiger charge is 2.20. The van der Waals surface area contributed by atoms with E-state index < -0.39 is 11.7 Å². The third kappa shape index (κ3) is 4.76. The smallest absolute Gasteiger partial charge is 0.407 e. The maximum absolute atomic E-state index is 11.7. The van der Waals surface area contributed by atoms with Crippen LogP contribution in [0.3, 0.4) is 0 Å². The number of thioether (sulfide) groups is 1. The topological polar surface area (TPSA) is 81.4 Å². The van der Waals surface area contributed by atoms with Crippen LogP contribution in [0.2, 0.25) is 5.02 Å². The maximum Gasteiger partial charge on any atom is 0.407 e. The molecule has 1 aliphatic rings. The van der Waals surface area contributed by atoms with Gasteiger partial charge in [0.2, 0.25) is 5.16 Å². The first kappa shape index (κ1) is 18.7. The first-order valence-electron chi connectivity index (χ1n) is 8.19. The van der Waals surface area contributed by atoms with Crippen molar-refractivity contribution in [3.8, 4) is 0 Å². The molecule has 0 radical (unpaired) electrons.